The van der Waals surface area contributed by atoms with Crippen molar-refractivity contribution in [1.29, 1.82) is 0 Å². The second-order valence-electron chi connectivity index (χ2n) is 3.72. The van der Waals surface area contributed by atoms with Gasteiger partial charge >= 0.3 is 6.18 Å². The van der Waals surface area contributed by atoms with Gasteiger partial charge in [0.05, 0.1) is 11.3 Å². The van der Waals surface area contributed by atoms with Crippen molar-refractivity contribution in [2.75, 3.05) is 0 Å². The molecular formula is C12H8ClF3N2. The van der Waals surface area contributed by atoms with E-state index in [0.717, 1.165) is 12.1 Å². The molecule has 0 aliphatic heterocycles. The Morgan fingerprint density at radius 3 is 2.44 bits per heavy atom. The highest BCUT2D eigenvalue weighted by atomic mass is 35.5. The lowest BCUT2D eigenvalue weighted by molar-refractivity contribution is -0.137. The molecule has 0 saturated heterocycles. The molecule has 0 unspecified atom stereocenters. The first-order chi connectivity index (χ1) is 8.45. The zero-order valence-electron chi connectivity index (χ0n) is 9.08. The lowest BCUT2D eigenvalue weighted by Gasteiger charge is -2.08. The third kappa shape index (κ3) is 3.20. The lowest BCUT2D eigenvalue weighted by Crippen LogP contribution is -2.05. The van der Waals surface area contributed by atoms with Crippen molar-refractivity contribution in [3.63, 3.8) is 0 Å². The second-order valence-corrected chi connectivity index (χ2v) is 4.11. The van der Waals surface area contributed by atoms with Gasteiger partial charge in [-0.05, 0) is 23.8 Å². The van der Waals surface area contributed by atoms with Crippen molar-refractivity contribution in [1.82, 2.24) is 10.2 Å². The van der Waals surface area contributed by atoms with Gasteiger partial charge in [0.1, 0.15) is 0 Å². The van der Waals surface area contributed by atoms with Gasteiger partial charge < -0.3 is 0 Å². The molecule has 1 aromatic heterocycles. The van der Waals surface area contributed by atoms with Crippen LogP contribution in [0.4, 0.5) is 13.2 Å². The molecule has 94 valence electrons. The molecule has 0 spiro atoms. The summed E-state index contributed by atoms with van der Waals surface area (Å²) in [6.07, 6.45) is -4.05. The minimum Gasteiger partial charge on any atom is -0.166 e. The number of nitrogens with zero attached hydrogens (tertiary/aromatic N) is 2. The quantitative estimate of drug-likeness (QED) is 0.832. The first-order valence-corrected chi connectivity index (χ1v) is 5.47. The molecule has 1 heterocycles. The molecule has 1 aromatic carbocycles. The van der Waals surface area contributed by atoms with Crippen molar-refractivity contribution in [2.24, 2.45) is 0 Å². The van der Waals surface area contributed by atoms with Gasteiger partial charge in [0, 0.05) is 6.42 Å². The van der Waals surface area contributed by atoms with Crippen molar-refractivity contribution in [2.45, 2.75) is 12.6 Å². The number of halogens is 4. The summed E-state index contributed by atoms with van der Waals surface area (Å²) in [5.41, 5.74) is 0.432. The van der Waals surface area contributed by atoms with Crippen LogP contribution in [0.2, 0.25) is 5.15 Å². The molecule has 2 rings (SSSR count). The summed E-state index contributed by atoms with van der Waals surface area (Å²) in [4.78, 5) is 0. The average Bonchev–Trinajstić information content (AvgIpc) is 2.31. The maximum Gasteiger partial charge on any atom is 0.416 e. The van der Waals surface area contributed by atoms with E-state index in [9.17, 15) is 13.2 Å². The molecular weight excluding hydrogens is 265 g/mol. The Kier molecular flexibility index (Phi) is 3.52. The fourth-order valence-electron chi connectivity index (χ4n) is 1.50. The molecule has 0 amide bonds. The topological polar surface area (TPSA) is 25.8 Å². The number of hydrogen-bond donors (Lipinski definition) is 0. The van der Waals surface area contributed by atoms with Crippen LogP contribution < -0.4 is 0 Å². The largest absolute Gasteiger partial charge is 0.416 e. The lowest BCUT2D eigenvalue weighted by atomic mass is 10.1. The van der Waals surface area contributed by atoms with E-state index in [2.05, 4.69) is 10.2 Å². The van der Waals surface area contributed by atoms with Gasteiger partial charge in [-0.1, -0.05) is 29.8 Å². The predicted octanol–water partition coefficient (Wildman–Crippen LogP) is 3.74. The van der Waals surface area contributed by atoms with E-state index >= 15 is 0 Å². The SMILES string of the molecule is FC(F)(F)c1cccc(Cc2ccc(Cl)nn2)c1. The summed E-state index contributed by atoms with van der Waals surface area (Å²) in [6, 6.07) is 8.33. The van der Waals surface area contributed by atoms with Crippen molar-refractivity contribution in [3.05, 3.63) is 58.4 Å². The van der Waals surface area contributed by atoms with Gasteiger partial charge in [-0.15, -0.1) is 5.10 Å². The van der Waals surface area contributed by atoms with E-state index in [1.165, 1.54) is 6.07 Å². The monoisotopic (exact) mass is 272 g/mol. The summed E-state index contributed by atoms with van der Waals surface area (Å²) in [6.45, 7) is 0. The van der Waals surface area contributed by atoms with Crippen LogP contribution in [0, 0.1) is 0 Å². The molecule has 0 radical (unpaired) electrons. The highest BCUT2D eigenvalue weighted by molar-refractivity contribution is 6.29. The van der Waals surface area contributed by atoms with Gasteiger partial charge in [-0.3, -0.25) is 0 Å². The van der Waals surface area contributed by atoms with Gasteiger partial charge in [-0.25, -0.2) is 0 Å². The molecule has 6 heteroatoms. The Morgan fingerprint density at radius 1 is 1.06 bits per heavy atom. The van der Waals surface area contributed by atoms with E-state index in [1.807, 2.05) is 0 Å². The Bertz CT molecular complexity index is 538. The zero-order valence-corrected chi connectivity index (χ0v) is 9.83. The molecule has 0 bridgehead atoms. The summed E-state index contributed by atoms with van der Waals surface area (Å²) in [7, 11) is 0. The number of alkyl halides is 3. The molecule has 2 aromatic rings. The Morgan fingerprint density at radius 2 is 1.83 bits per heavy atom. The first kappa shape index (κ1) is 12.8. The first-order valence-electron chi connectivity index (χ1n) is 5.09. The number of aromatic nitrogens is 2. The highest BCUT2D eigenvalue weighted by Crippen LogP contribution is 2.29. The summed E-state index contributed by atoms with van der Waals surface area (Å²) >= 11 is 5.58. The van der Waals surface area contributed by atoms with Crippen molar-refractivity contribution >= 4 is 11.6 Å². The summed E-state index contributed by atoms with van der Waals surface area (Å²) in [5, 5.41) is 7.69. The standard InChI is InChI=1S/C12H8ClF3N2/c13-11-5-4-10(17-18-11)7-8-2-1-3-9(6-8)12(14,15)16/h1-6H,7H2. The second kappa shape index (κ2) is 4.94. The van der Waals surface area contributed by atoms with Crippen molar-refractivity contribution in [3.8, 4) is 0 Å². The summed E-state index contributed by atoms with van der Waals surface area (Å²) < 4.78 is 37.5. The van der Waals surface area contributed by atoms with E-state index in [-0.39, 0.29) is 11.6 Å². The highest BCUT2D eigenvalue weighted by Gasteiger charge is 2.30. The van der Waals surface area contributed by atoms with E-state index in [0.29, 0.717) is 11.3 Å². The molecule has 0 saturated carbocycles. The molecule has 0 N–H and O–H groups in total. The molecule has 18 heavy (non-hydrogen) atoms. The molecule has 2 nitrogen and oxygen atoms in total. The Hall–Kier alpha value is -1.62. The molecule has 0 aliphatic carbocycles. The number of benzene rings is 1. The molecule has 0 fully saturated rings. The minimum atomic E-state index is -4.33. The number of rotatable bonds is 2. The van der Waals surface area contributed by atoms with Gasteiger partial charge in [-0.2, -0.15) is 18.3 Å². The van der Waals surface area contributed by atoms with E-state index < -0.39 is 11.7 Å². The van der Waals surface area contributed by atoms with E-state index in [4.69, 9.17) is 11.6 Å². The maximum absolute atomic E-state index is 12.5. The summed E-state index contributed by atoms with van der Waals surface area (Å²) in [5.74, 6) is 0. The van der Waals surface area contributed by atoms with Crippen LogP contribution in [0.25, 0.3) is 0 Å². The predicted molar refractivity (Wildman–Crippen MR) is 61.3 cm³/mol. The van der Waals surface area contributed by atoms with Gasteiger partial charge in [0.2, 0.25) is 0 Å². The third-order valence-electron chi connectivity index (χ3n) is 2.33. The number of hydrogen-bond acceptors (Lipinski definition) is 2. The third-order valence-corrected chi connectivity index (χ3v) is 2.53. The van der Waals surface area contributed by atoms with Crippen LogP contribution in [-0.2, 0) is 12.6 Å². The maximum atomic E-state index is 12.5. The fraction of sp³-hybridized carbons (Fsp3) is 0.167. The fourth-order valence-corrected chi connectivity index (χ4v) is 1.61. The minimum absolute atomic E-state index is 0.253. The Labute approximate surface area is 106 Å². The zero-order chi connectivity index (χ0) is 13.2. The van der Waals surface area contributed by atoms with Crippen LogP contribution >= 0.6 is 11.6 Å². The van der Waals surface area contributed by atoms with E-state index in [1.54, 1.807) is 18.2 Å². The smallest absolute Gasteiger partial charge is 0.166 e. The van der Waals surface area contributed by atoms with Gasteiger partial charge in [0.25, 0.3) is 0 Å². The van der Waals surface area contributed by atoms with Crippen molar-refractivity contribution < 1.29 is 13.2 Å². The van der Waals surface area contributed by atoms with Gasteiger partial charge in [0.15, 0.2) is 5.15 Å². The normalized spacial score (nSPS) is 11.6. The molecule has 0 atom stereocenters. The Balaban J connectivity index is 2.22. The average molecular weight is 273 g/mol. The van der Waals surface area contributed by atoms with Crippen LogP contribution in [-0.4, -0.2) is 10.2 Å². The van der Waals surface area contributed by atoms with Crippen LogP contribution in [0.1, 0.15) is 16.8 Å². The van der Waals surface area contributed by atoms with Crippen LogP contribution in [0.5, 0.6) is 0 Å². The van der Waals surface area contributed by atoms with Crippen LogP contribution in [0.15, 0.2) is 36.4 Å². The van der Waals surface area contributed by atoms with Crippen LogP contribution in [0.3, 0.4) is 0 Å². The molecule has 0 aliphatic rings.